The minimum atomic E-state index is -0.314. The molecule has 0 saturated heterocycles. The Morgan fingerprint density at radius 1 is 1.55 bits per heavy atom. The zero-order valence-electron chi connectivity index (χ0n) is 7.01. The van der Waals surface area contributed by atoms with Crippen molar-refractivity contribution in [3.63, 3.8) is 0 Å². The number of nitrogens with one attached hydrogen (secondary N) is 1. The van der Waals surface area contributed by atoms with Crippen LogP contribution in [0.2, 0.25) is 0 Å². The fourth-order valence-electron chi connectivity index (χ4n) is 0.731. The summed E-state index contributed by atoms with van der Waals surface area (Å²) in [4.78, 5) is 21.1. The van der Waals surface area contributed by atoms with Crippen LogP contribution in [0.1, 0.15) is 20.3 Å². The van der Waals surface area contributed by atoms with Gasteiger partial charge in [-0.15, -0.1) is 0 Å². The fourth-order valence-corrected chi connectivity index (χ4v) is 0.731. The lowest BCUT2D eigenvalue weighted by Gasteiger charge is -2.09. The van der Waals surface area contributed by atoms with Crippen LogP contribution in [0.15, 0.2) is 0 Å². The van der Waals surface area contributed by atoms with Crippen LogP contribution in [0.25, 0.3) is 0 Å². The lowest BCUT2D eigenvalue weighted by molar-refractivity contribution is -0.141. The van der Waals surface area contributed by atoms with E-state index in [0.717, 1.165) is 0 Å². The average molecular weight is 159 g/mol. The molecular formula is C7H13NO3. The molecule has 1 N–H and O–H groups in total. The summed E-state index contributed by atoms with van der Waals surface area (Å²) >= 11 is 0. The number of hydrogen-bond donors (Lipinski definition) is 1. The smallest absolute Gasteiger partial charge is 0.307 e. The van der Waals surface area contributed by atoms with Gasteiger partial charge in [0.05, 0.1) is 13.5 Å². The van der Waals surface area contributed by atoms with Gasteiger partial charge in [-0.3, -0.25) is 9.59 Å². The Morgan fingerprint density at radius 2 is 2.09 bits per heavy atom. The highest BCUT2D eigenvalue weighted by atomic mass is 16.5. The topological polar surface area (TPSA) is 55.4 Å². The molecule has 0 fully saturated rings. The first-order valence-corrected chi connectivity index (χ1v) is 3.40. The molecule has 0 spiro atoms. The number of ether oxygens (including phenoxy) is 1. The van der Waals surface area contributed by atoms with E-state index in [1.54, 1.807) is 6.92 Å². The van der Waals surface area contributed by atoms with Crippen LogP contribution >= 0.6 is 0 Å². The summed E-state index contributed by atoms with van der Waals surface area (Å²) in [5.74, 6) is -0.451. The summed E-state index contributed by atoms with van der Waals surface area (Å²) in [6.07, 6.45) is 0.218. The molecule has 0 unspecified atom stereocenters. The maximum atomic E-state index is 10.6. The van der Waals surface area contributed by atoms with Crippen molar-refractivity contribution in [1.29, 1.82) is 0 Å². The third-order valence-corrected chi connectivity index (χ3v) is 1.15. The van der Waals surface area contributed by atoms with E-state index in [1.165, 1.54) is 14.0 Å². The number of carbonyl (C=O) groups is 2. The molecule has 64 valence electrons. The average Bonchev–Trinajstić information content (AvgIpc) is 1.85. The van der Waals surface area contributed by atoms with Crippen LogP contribution in [-0.4, -0.2) is 25.0 Å². The van der Waals surface area contributed by atoms with E-state index >= 15 is 0 Å². The molecule has 0 saturated carbocycles. The van der Waals surface area contributed by atoms with Gasteiger partial charge in [-0.05, 0) is 6.92 Å². The molecule has 4 nitrogen and oxygen atoms in total. The van der Waals surface area contributed by atoms with Gasteiger partial charge in [0.1, 0.15) is 0 Å². The molecular weight excluding hydrogens is 146 g/mol. The molecule has 0 aromatic carbocycles. The van der Waals surface area contributed by atoms with Gasteiger partial charge < -0.3 is 10.1 Å². The normalized spacial score (nSPS) is 11.9. The maximum absolute atomic E-state index is 10.6. The molecule has 0 heterocycles. The molecule has 1 atom stereocenters. The third-order valence-electron chi connectivity index (χ3n) is 1.15. The fraction of sp³-hybridized carbons (Fsp3) is 0.714. The highest BCUT2D eigenvalue weighted by Crippen LogP contribution is 1.91. The zero-order chi connectivity index (χ0) is 8.85. The number of hydrogen-bond acceptors (Lipinski definition) is 3. The Labute approximate surface area is 65.9 Å². The highest BCUT2D eigenvalue weighted by molar-refractivity contribution is 5.75. The molecule has 11 heavy (non-hydrogen) atoms. The minimum absolute atomic E-state index is 0.138. The van der Waals surface area contributed by atoms with Crippen molar-refractivity contribution in [3.8, 4) is 0 Å². The Hall–Kier alpha value is -1.06. The highest BCUT2D eigenvalue weighted by Gasteiger charge is 2.08. The van der Waals surface area contributed by atoms with Crippen molar-refractivity contribution < 1.29 is 14.3 Å². The minimum Gasteiger partial charge on any atom is -0.469 e. The summed E-state index contributed by atoms with van der Waals surface area (Å²) in [5.41, 5.74) is 0. The molecule has 0 radical (unpaired) electrons. The van der Waals surface area contributed by atoms with Crippen LogP contribution in [0.5, 0.6) is 0 Å². The van der Waals surface area contributed by atoms with Gasteiger partial charge in [0.2, 0.25) is 5.91 Å². The second-order valence-corrected chi connectivity index (χ2v) is 2.38. The quantitative estimate of drug-likeness (QED) is 0.593. The van der Waals surface area contributed by atoms with Gasteiger partial charge >= 0.3 is 5.97 Å². The van der Waals surface area contributed by atoms with E-state index in [-0.39, 0.29) is 24.3 Å². The van der Waals surface area contributed by atoms with Gasteiger partial charge in [-0.25, -0.2) is 0 Å². The lowest BCUT2D eigenvalue weighted by atomic mass is 10.2. The van der Waals surface area contributed by atoms with E-state index < -0.39 is 0 Å². The van der Waals surface area contributed by atoms with Gasteiger partial charge in [0.15, 0.2) is 0 Å². The Balaban J connectivity index is 3.60. The summed E-state index contributed by atoms with van der Waals surface area (Å²) in [7, 11) is 1.32. The first-order chi connectivity index (χ1) is 5.06. The Bertz CT molecular complexity index is 156. The SMILES string of the molecule is COC(=O)C[C@H](C)NC(C)=O. The molecule has 0 bridgehead atoms. The van der Waals surface area contributed by atoms with E-state index in [9.17, 15) is 9.59 Å². The van der Waals surface area contributed by atoms with E-state index in [2.05, 4.69) is 10.1 Å². The molecule has 1 amide bonds. The summed E-state index contributed by atoms with van der Waals surface area (Å²) in [5, 5.41) is 2.57. The van der Waals surface area contributed by atoms with Crippen LogP contribution in [0, 0.1) is 0 Å². The molecule has 0 aliphatic heterocycles. The monoisotopic (exact) mass is 159 g/mol. The van der Waals surface area contributed by atoms with Crippen molar-refractivity contribution in [2.24, 2.45) is 0 Å². The molecule has 0 rings (SSSR count). The van der Waals surface area contributed by atoms with Crippen LogP contribution in [0.3, 0.4) is 0 Å². The largest absolute Gasteiger partial charge is 0.469 e. The van der Waals surface area contributed by atoms with Crippen molar-refractivity contribution in [3.05, 3.63) is 0 Å². The van der Waals surface area contributed by atoms with Crippen molar-refractivity contribution >= 4 is 11.9 Å². The summed E-state index contributed by atoms with van der Waals surface area (Å²) in [6, 6.07) is -0.153. The Kier molecular flexibility index (Phi) is 4.26. The van der Waals surface area contributed by atoms with Crippen molar-refractivity contribution in [2.75, 3.05) is 7.11 Å². The van der Waals surface area contributed by atoms with Crippen molar-refractivity contribution in [2.45, 2.75) is 26.3 Å². The van der Waals surface area contributed by atoms with Crippen LogP contribution < -0.4 is 5.32 Å². The second kappa shape index (κ2) is 4.71. The van der Waals surface area contributed by atoms with E-state index in [0.29, 0.717) is 0 Å². The lowest BCUT2D eigenvalue weighted by Crippen LogP contribution is -2.32. The molecule has 0 aromatic heterocycles. The molecule has 0 aliphatic rings. The first kappa shape index (κ1) is 9.94. The van der Waals surface area contributed by atoms with Crippen LogP contribution in [0.4, 0.5) is 0 Å². The standard InChI is InChI=1S/C7H13NO3/c1-5(8-6(2)9)4-7(10)11-3/h5H,4H2,1-3H3,(H,8,9)/t5-/m0/s1. The van der Waals surface area contributed by atoms with Gasteiger partial charge in [-0.1, -0.05) is 0 Å². The van der Waals surface area contributed by atoms with E-state index in [4.69, 9.17) is 0 Å². The first-order valence-electron chi connectivity index (χ1n) is 3.40. The second-order valence-electron chi connectivity index (χ2n) is 2.38. The zero-order valence-corrected chi connectivity index (χ0v) is 7.01. The summed E-state index contributed by atoms with van der Waals surface area (Å²) < 4.78 is 4.41. The number of amides is 1. The van der Waals surface area contributed by atoms with Gasteiger partial charge in [0, 0.05) is 13.0 Å². The summed E-state index contributed by atoms with van der Waals surface area (Å²) in [6.45, 7) is 3.16. The predicted octanol–water partition coefficient (Wildman–Crippen LogP) is 0.0741. The van der Waals surface area contributed by atoms with Gasteiger partial charge in [-0.2, -0.15) is 0 Å². The van der Waals surface area contributed by atoms with Gasteiger partial charge in [0.25, 0.3) is 0 Å². The number of methoxy groups -OCH3 is 1. The molecule has 4 heteroatoms. The van der Waals surface area contributed by atoms with Crippen molar-refractivity contribution in [1.82, 2.24) is 5.32 Å². The number of rotatable bonds is 3. The number of carbonyl (C=O) groups excluding carboxylic acids is 2. The molecule has 0 aliphatic carbocycles. The number of esters is 1. The third kappa shape index (κ3) is 5.39. The maximum Gasteiger partial charge on any atom is 0.307 e. The predicted molar refractivity (Wildman–Crippen MR) is 39.9 cm³/mol. The van der Waals surface area contributed by atoms with E-state index in [1.807, 2.05) is 0 Å². The molecule has 0 aromatic rings. The van der Waals surface area contributed by atoms with Crippen LogP contribution in [-0.2, 0) is 14.3 Å². The Morgan fingerprint density at radius 3 is 2.45 bits per heavy atom.